The lowest BCUT2D eigenvalue weighted by atomic mass is 9.77. The van der Waals surface area contributed by atoms with E-state index in [1.165, 1.54) is 0 Å². The van der Waals surface area contributed by atoms with Gasteiger partial charge in [0.15, 0.2) is 0 Å². The number of carbonyl (C=O) groups excluding carboxylic acids is 2. The van der Waals surface area contributed by atoms with Crippen molar-refractivity contribution in [3.05, 3.63) is 28.8 Å². The van der Waals surface area contributed by atoms with E-state index >= 15 is 0 Å². The molecule has 0 bridgehead atoms. The number of amides is 2. The normalized spacial score (nSPS) is 24.2. The molecule has 2 amide bonds. The van der Waals surface area contributed by atoms with Crippen molar-refractivity contribution < 1.29 is 23.6 Å². The van der Waals surface area contributed by atoms with Crippen LogP contribution < -0.4 is 5.46 Å². The fraction of sp³-hybridized carbons (Fsp3) is 0.667. The Labute approximate surface area is 202 Å². The van der Waals surface area contributed by atoms with Crippen LogP contribution in [0.3, 0.4) is 0 Å². The molecule has 2 aliphatic rings. The fourth-order valence-corrected chi connectivity index (χ4v) is 4.45. The average Bonchev–Trinajstić information content (AvgIpc) is 2.94. The van der Waals surface area contributed by atoms with E-state index in [2.05, 4.69) is 6.92 Å². The standard InChI is InChI=1S/C24H36BClN2O5/c1-8-9-10-31-22(30)27-15-21(28(17(3)29)14-16(27)2)18-11-19(13-20(26)12-18)25-32-23(4,5)24(6,7)33-25/h11-13,16,21H,8-10,14-15H2,1-7H3. The van der Waals surface area contributed by atoms with Crippen molar-refractivity contribution in [1.29, 1.82) is 0 Å². The van der Waals surface area contributed by atoms with Gasteiger partial charge in [-0.25, -0.2) is 4.79 Å². The lowest BCUT2D eigenvalue weighted by Crippen LogP contribution is -2.56. The van der Waals surface area contributed by atoms with Crippen LogP contribution in [0.1, 0.15) is 72.9 Å². The van der Waals surface area contributed by atoms with Gasteiger partial charge in [-0.2, -0.15) is 0 Å². The highest BCUT2D eigenvalue weighted by molar-refractivity contribution is 6.62. The summed E-state index contributed by atoms with van der Waals surface area (Å²) < 4.78 is 17.9. The van der Waals surface area contributed by atoms with E-state index < -0.39 is 18.3 Å². The molecule has 33 heavy (non-hydrogen) atoms. The second-order valence-electron chi connectivity index (χ2n) is 10.1. The molecule has 7 nitrogen and oxygen atoms in total. The summed E-state index contributed by atoms with van der Waals surface area (Å²) in [6.45, 7) is 14.7. The Kier molecular flexibility index (Phi) is 7.71. The van der Waals surface area contributed by atoms with Gasteiger partial charge < -0.3 is 23.8 Å². The molecule has 1 aromatic carbocycles. The SMILES string of the molecule is CCCCOC(=O)N1CC(c2cc(Cl)cc(B3OC(C)(C)C(C)(C)O3)c2)N(C(C)=O)CC1C. The van der Waals surface area contributed by atoms with Crippen LogP contribution in [-0.2, 0) is 18.8 Å². The third-order valence-electron chi connectivity index (χ3n) is 6.95. The summed E-state index contributed by atoms with van der Waals surface area (Å²) in [5.41, 5.74) is 0.659. The maximum atomic E-state index is 12.8. The topological polar surface area (TPSA) is 68.3 Å². The number of benzene rings is 1. The van der Waals surface area contributed by atoms with Crippen molar-refractivity contribution in [3.8, 4) is 0 Å². The predicted molar refractivity (Wildman–Crippen MR) is 130 cm³/mol. The molecular weight excluding hydrogens is 443 g/mol. The molecule has 9 heteroatoms. The third-order valence-corrected chi connectivity index (χ3v) is 7.17. The van der Waals surface area contributed by atoms with Crippen LogP contribution in [0.4, 0.5) is 4.79 Å². The van der Waals surface area contributed by atoms with Crippen LogP contribution in [0.2, 0.25) is 5.02 Å². The number of hydrogen-bond donors (Lipinski definition) is 0. The monoisotopic (exact) mass is 478 g/mol. The first-order chi connectivity index (χ1) is 15.4. The van der Waals surface area contributed by atoms with Gasteiger partial charge in [0, 0.05) is 31.1 Å². The minimum absolute atomic E-state index is 0.0528. The Bertz CT molecular complexity index is 878. The summed E-state index contributed by atoms with van der Waals surface area (Å²) in [6, 6.07) is 5.13. The first kappa shape index (κ1) is 25.9. The van der Waals surface area contributed by atoms with Gasteiger partial charge in [0.2, 0.25) is 5.91 Å². The Morgan fingerprint density at radius 3 is 2.33 bits per heavy atom. The van der Waals surface area contributed by atoms with Gasteiger partial charge in [-0.1, -0.05) is 31.0 Å². The maximum Gasteiger partial charge on any atom is 0.494 e. The van der Waals surface area contributed by atoms with E-state index in [1.54, 1.807) is 16.7 Å². The molecule has 3 rings (SSSR count). The number of hydrogen-bond acceptors (Lipinski definition) is 5. The summed E-state index contributed by atoms with van der Waals surface area (Å²) in [7, 11) is -0.573. The van der Waals surface area contributed by atoms with Gasteiger partial charge in [-0.05, 0) is 64.2 Å². The van der Waals surface area contributed by atoms with Crippen molar-refractivity contribution in [2.75, 3.05) is 19.7 Å². The first-order valence-corrected chi connectivity index (χ1v) is 12.1. The molecule has 1 aromatic rings. The average molecular weight is 479 g/mol. The molecule has 2 unspecified atom stereocenters. The summed E-state index contributed by atoms with van der Waals surface area (Å²) >= 11 is 6.51. The molecule has 2 atom stereocenters. The Balaban J connectivity index is 1.90. The van der Waals surface area contributed by atoms with Crippen LogP contribution in [0.15, 0.2) is 18.2 Å². The van der Waals surface area contributed by atoms with Gasteiger partial charge in [0.05, 0.1) is 23.9 Å². The van der Waals surface area contributed by atoms with Crippen molar-refractivity contribution in [1.82, 2.24) is 9.80 Å². The highest BCUT2D eigenvalue weighted by Gasteiger charge is 2.52. The molecule has 0 aromatic heterocycles. The molecule has 2 aliphatic heterocycles. The number of halogens is 1. The summed E-state index contributed by atoms with van der Waals surface area (Å²) in [6.07, 6.45) is 1.42. The van der Waals surface area contributed by atoms with Crippen LogP contribution in [-0.4, -0.2) is 65.9 Å². The molecule has 0 radical (unpaired) electrons. The van der Waals surface area contributed by atoms with Gasteiger partial charge in [0.25, 0.3) is 0 Å². The molecule has 0 spiro atoms. The van der Waals surface area contributed by atoms with E-state index in [0.29, 0.717) is 24.7 Å². The lowest BCUT2D eigenvalue weighted by Gasteiger charge is -2.44. The number of carbonyl (C=O) groups is 2. The van der Waals surface area contributed by atoms with Gasteiger partial charge in [-0.3, -0.25) is 4.79 Å². The molecule has 0 N–H and O–H groups in total. The largest absolute Gasteiger partial charge is 0.494 e. The minimum atomic E-state index is -0.573. The van der Waals surface area contributed by atoms with E-state index in [4.69, 9.17) is 25.6 Å². The van der Waals surface area contributed by atoms with Crippen molar-refractivity contribution in [3.63, 3.8) is 0 Å². The van der Waals surface area contributed by atoms with E-state index in [1.807, 2.05) is 52.8 Å². The second-order valence-corrected chi connectivity index (χ2v) is 10.5. The maximum absolute atomic E-state index is 12.8. The van der Waals surface area contributed by atoms with E-state index in [9.17, 15) is 9.59 Å². The van der Waals surface area contributed by atoms with Crippen LogP contribution >= 0.6 is 11.6 Å². The predicted octanol–water partition coefficient (Wildman–Crippen LogP) is 4.17. The Hall–Kier alpha value is -1.77. The highest BCUT2D eigenvalue weighted by atomic mass is 35.5. The van der Waals surface area contributed by atoms with Crippen LogP contribution in [0.25, 0.3) is 0 Å². The van der Waals surface area contributed by atoms with Crippen molar-refractivity contribution in [2.45, 2.75) is 84.6 Å². The molecule has 0 saturated carbocycles. The van der Waals surface area contributed by atoms with E-state index in [-0.39, 0.29) is 24.1 Å². The number of ether oxygens (including phenoxy) is 1. The van der Waals surface area contributed by atoms with Gasteiger partial charge in [-0.15, -0.1) is 0 Å². The first-order valence-electron chi connectivity index (χ1n) is 11.7. The molecule has 2 fully saturated rings. The van der Waals surface area contributed by atoms with Crippen molar-refractivity contribution in [2.24, 2.45) is 0 Å². The number of rotatable bonds is 5. The molecule has 0 aliphatic carbocycles. The Morgan fingerprint density at radius 2 is 1.76 bits per heavy atom. The lowest BCUT2D eigenvalue weighted by molar-refractivity contribution is -0.135. The zero-order valence-corrected chi connectivity index (χ0v) is 21.6. The zero-order valence-electron chi connectivity index (χ0n) is 20.8. The summed E-state index contributed by atoms with van der Waals surface area (Å²) in [4.78, 5) is 28.8. The van der Waals surface area contributed by atoms with Crippen molar-refractivity contribution >= 4 is 36.2 Å². The highest BCUT2D eigenvalue weighted by Crippen LogP contribution is 2.37. The van der Waals surface area contributed by atoms with Gasteiger partial charge >= 0.3 is 13.2 Å². The second kappa shape index (κ2) is 9.84. The number of piperazine rings is 1. The number of unbranched alkanes of at least 4 members (excludes halogenated alkanes) is 1. The fourth-order valence-electron chi connectivity index (χ4n) is 4.19. The van der Waals surface area contributed by atoms with Gasteiger partial charge in [0.1, 0.15) is 0 Å². The van der Waals surface area contributed by atoms with E-state index in [0.717, 1.165) is 23.9 Å². The zero-order chi connectivity index (χ0) is 24.6. The summed E-state index contributed by atoms with van der Waals surface area (Å²) in [5.74, 6) is -0.0528. The Morgan fingerprint density at radius 1 is 1.12 bits per heavy atom. The molecule has 2 saturated heterocycles. The molecular formula is C24H36BClN2O5. The smallest absolute Gasteiger partial charge is 0.449 e. The molecule has 2 heterocycles. The molecule has 182 valence electrons. The summed E-state index contributed by atoms with van der Waals surface area (Å²) in [5, 5.41) is 0.524. The van der Waals surface area contributed by atoms with Crippen LogP contribution in [0.5, 0.6) is 0 Å². The quantitative estimate of drug-likeness (QED) is 0.469. The number of nitrogens with zero attached hydrogens (tertiary/aromatic N) is 2. The van der Waals surface area contributed by atoms with Crippen LogP contribution in [0, 0.1) is 0 Å². The minimum Gasteiger partial charge on any atom is -0.449 e. The third kappa shape index (κ3) is 5.49.